The predicted octanol–water partition coefficient (Wildman–Crippen LogP) is 1.44. The molecule has 0 atom stereocenters. The lowest BCUT2D eigenvalue weighted by Crippen LogP contribution is -2.50. The van der Waals surface area contributed by atoms with Gasteiger partial charge in [-0.1, -0.05) is 30.3 Å². The zero-order valence-electron chi connectivity index (χ0n) is 15.3. The van der Waals surface area contributed by atoms with Gasteiger partial charge < -0.3 is 10.2 Å². The second kappa shape index (κ2) is 8.97. The number of sulfonamides is 1. The lowest BCUT2D eigenvalue weighted by Gasteiger charge is -2.34. The van der Waals surface area contributed by atoms with Gasteiger partial charge in [-0.3, -0.25) is 4.79 Å². The van der Waals surface area contributed by atoms with Crippen LogP contribution < -0.4 is 5.32 Å². The van der Waals surface area contributed by atoms with Crippen molar-refractivity contribution in [1.29, 1.82) is 0 Å². The van der Waals surface area contributed by atoms with Crippen molar-refractivity contribution in [2.75, 3.05) is 39.3 Å². The number of amides is 1. The SMILES string of the molecule is O=C(CCC1CCNCC1)N1CCN(S(=O)(=O)Cc2ccccc2)CC1. The minimum absolute atomic E-state index is 0.0253. The molecule has 144 valence electrons. The van der Waals surface area contributed by atoms with Gasteiger partial charge in [0.1, 0.15) is 0 Å². The predicted molar refractivity (Wildman–Crippen MR) is 102 cm³/mol. The maximum atomic E-state index is 12.6. The Morgan fingerprint density at radius 2 is 1.69 bits per heavy atom. The lowest BCUT2D eigenvalue weighted by atomic mass is 9.93. The highest BCUT2D eigenvalue weighted by atomic mass is 32.2. The molecule has 1 aromatic rings. The van der Waals surface area contributed by atoms with E-state index in [1.165, 1.54) is 4.31 Å². The van der Waals surface area contributed by atoms with E-state index in [9.17, 15) is 13.2 Å². The summed E-state index contributed by atoms with van der Waals surface area (Å²) in [6, 6.07) is 9.24. The minimum Gasteiger partial charge on any atom is -0.340 e. The van der Waals surface area contributed by atoms with Crippen molar-refractivity contribution >= 4 is 15.9 Å². The van der Waals surface area contributed by atoms with Crippen LogP contribution in [0.25, 0.3) is 0 Å². The van der Waals surface area contributed by atoms with Crippen LogP contribution in [0.3, 0.4) is 0 Å². The van der Waals surface area contributed by atoms with Gasteiger partial charge in [0, 0.05) is 32.6 Å². The Morgan fingerprint density at radius 1 is 1.04 bits per heavy atom. The van der Waals surface area contributed by atoms with Crippen molar-refractivity contribution in [3.8, 4) is 0 Å². The molecule has 3 rings (SSSR count). The third-order valence-electron chi connectivity index (χ3n) is 5.40. The van der Waals surface area contributed by atoms with E-state index in [1.807, 2.05) is 35.2 Å². The number of rotatable bonds is 6. The van der Waals surface area contributed by atoms with Crippen LogP contribution in [0.2, 0.25) is 0 Å². The fourth-order valence-electron chi connectivity index (χ4n) is 3.75. The quantitative estimate of drug-likeness (QED) is 0.812. The Balaban J connectivity index is 1.45. The summed E-state index contributed by atoms with van der Waals surface area (Å²) in [6.45, 7) is 3.90. The van der Waals surface area contributed by atoms with Gasteiger partial charge in [0.25, 0.3) is 0 Å². The third-order valence-corrected chi connectivity index (χ3v) is 7.25. The van der Waals surface area contributed by atoms with Crippen molar-refractivity contribution in [3.63, 3.8) is 0 Å². The van der Waals surface area contributed by atoms with Crippen LogP contribution in [0.15, 0.2) is 30.3 Å². The monoisotopic (exact) mass is 379 g/mol. The first-order valence-electron chi connectivity index (χ1n) is 9.55. The fraction of sp³-hybridized carbons (Fsp3) is 0.632. The number of nitrogens with one attached hydrogen (secondary N) is 1. The van der Waals surface area contributed by atoms with Crippen LogP contribution in [0.4, 0.5) is 0 Å². The van der Waals surface area contributed by atoms with E-state index in [1.54, 1.807) is 0 Å². The normalized spacial score (nSPS) is 20.2. The van der Waals surface area contributed by atoms with E-state index in [2.05, 4.69) is 5.32 Å². The highest BCUT2D eigenvalue weighted by molar-refractivity contribution is 7.88. The number of hydrogen-bond acceptors (Lipinski definition) is 4. The number of carbonyl (C=O) groups is 1. The van der Waals surface area contributed by atoms with E-state index < -0.39 is 10.0 Å². The van der Waals surface area contributed by atoms with Crippen LogP contribution >= 0.6 is 0 Å². The van der Waals surface area contributed by atoms with Crippen LogP contribution in [-0.2, 0) is 20.6 Å². The third kappa shape index (κ3) is 5.28. The van der Waals surface area contributed by atoms with Gasteiger partial charge >= 0.3 is 0 Å². The number of piperazine rings is 1. The van der Waals surface area contributed by atoms with Crippen molar-refractivity contribution in [2.24, 2.45) is 5.92 Å². The standard InChI is InChI=1S/C19H29N3O3S/c23-19(7-6-17-8-10-20-11-9-17)21-12-14-22(15-13-21)26(24,25)16-18-4-2-1-3-5-18/h1-5,17,20H,6-16H2. The number of benzene rings is 1. The average molecular weight is 380 g/mol. The molecule has 0 aromatic heterocycles. The number of carbonyl (C=O) groups excluding carboxylic acids is 1. The van der Waals surface area contributed by atoms with Crippen LogP contribution in [-0.4, -0.2) is 62.8 Å². The molecule has 0 spiro atoms. The average Bonchev–Trinajstić information content (AvgIpc) is 2.67. The van der Waals surface area contributed by atoms with Gasteiger partial charge in [0.05, 0.1) is 5.75 Å². The molecule has 0 aliphatic carbocycles. The van der Waals surface area contributed by atoms with Gasteiger partial charge in [-0.2, -0.15) is 4.31 Å². The van der Waals surface area contributed by atoms with Crippen molar-refractivity contribution in [3.05, 3.63) is 35.9 Å². The smallest absolute Gasteiger partial charge is 0.222 e. The topological polar surface area (TPSA) is 69.7 Å². The lowest BCUT2D eigenvalue weighted by molar-refractivity contribution is -0.132. The molecule has 0 unspecified atom stereocenters. The first-order valence-corrected chi connectivity index (χ1v) is 11.2. The molecule has 2 aliphatic rings. The molecule has 6 nitrogen and oxygen atoms in total. The number of nitrogens with zero attached hydrogens (tertiary/aromatic N) is 2. The van der Waals surface area contributed by atoms with Crippen molar-refractivity contribution in [1.82, 2.24) is 14.5 Å². The molecule has 1 amide bonds. The summed E-state index contributed by atoms with van der Waals surface area (Å²) in [6.07, 6.45) is 3.84. The molecule has 2 fully saturated rings. The molecule has 2 aliphatic heterocycles. The van der Waals surface area contributed by atoms with Gasteiger partial charge in [-0.25, -0.2) is 8.42 Å². The molecule has 0 radical (unpaired) electrons. The maximum absolute atomic E-state index is 12.6. The summed E-state index contributed by atoms with van der Waals surface area (Å²) >= 11 is 0. The highest BCUT2D eigenvalue weighted by Crippen LogP contribution is 2.19. The summed E-state index contributed by atoms with van der Waals surface area (Å²) < 4.78 is 26.7. The Kier molecular flexibility index (Phi) is 6.67. The van der Waals surface area contributed by atoms with Gasteiger partial charge in [0.2, 0.25) is 15.9 Å². The Morgan fingerprint density at radius 3 is 2.35 bits per heavy atom. The first-order chi connectivity index (χ1) is 12.5. The highest BCUT2D eigenvalue weighted by Gasteiger charge is 2.29. The summed E-state index contributed by atoms with van der Waals surface area (Å²) in [5, 5.41) is 3.34. The maximum Gasteiger partial charge on any atom is 0.222 e. The minimum atomic E-state index is -3.33. The molecular formula is C19H29N3O3S. The Bertz CT molecular complexity index is 679. The molecular weight excluding hydrogens is 350 g/mol. The molecule has 1 aromatic carbocycles. The molecule has 2 heterocycles. The van der Waals surface area contributed by atoms with E-state index in [0.29, 0.717) is 38.5 Å². The molecule has 0 bridgehead atoms. The summed E-state index contributed by atoms with van der Waals surface area (Å²) in [4.78, 5) is 14.3. The molecule has 7 heteroatoms. The fourth-order valence-corrected chi connectivity index (χ4v) is 5.26. The summed E-state index contributed by atoms with van der Waals surface area (Å²) in [5.74, 6) is 0.841. The first kappa shape index (κ1) is 19.3. The Labute approximate surface area is 156 Å². The number of piperidine rings is 1. The van der Waals surface area contributed by atoms with E-state index in [-0.39, 0.29) is 11.7 Å². The van der Waals surface area contributed by atoms with Gasteiger partial charge in [-0.15, -0.1) is 0 Å². The number of hydrogen-bond donors (Lipinski definition) is 1. The van der Waals surface area contributed by atoms with Gasteiger partial charge in [0.15, 0.2) is 0 Å². The van der Waals surface area contributed by atoms with Gasteiger partial charge in [-0.05, 0) is 43.8 Å². The molecule has 26 heavy (non-hydrogen) atoms. The molecule has 0 saturated carbocycles. The van der Waals surface area contributed by atoms with E-state index in [4.69, 9.17) is 0 Å². The van der Waals surface area contributed by atoms with Crippen LogP contribution in [0, 0.1) is 5.92 Å². The second-order valence-electron chi connectivity index (χ2n) is 7.25. The van der Waals surface area contributed by atoms with Crippen molar-refractivity contribution < 1.29 is 13.2 Å². The zero-order valence-corrected chi connectivity index (χ0v) is 16.1. The molecule has 2 saturated heterocycles. The van der Waals surface area contributed by atoms with E-state index >= 15 is 0 Å². The zero-order chi connectivity index (χ0) is 18.4. The molecule has 1 N–H and O–H groups in total. The summed E-state index contributed by atoms with van der Waals surface area (Å²) in [5.41, 5.74) is 0.799. The Hall–Kier alpha value is -1.44. The van der Waals surface area contributed by atoms with Crippen LogP contribution in [0.1, 0.15) is 31.2 Å². The largest absolute Gasteiger partial charge is 0.340 e. The van der Waals surface area contributed by atoms with Crippen molar-refractivity contribution in [2.45, 2.75) is 31.4 Å². The van der Waals surface area contributed by atoms with E-state index in [0.717, 1.165) is 37.9 Å². The van der Waals surface area contributed by atoms with Crippen LogP contribution in [0.5, 0.6) is 0 Å². The summed E-state index contributed by atoms with van der Waals surface area (Å²) in [7, 11) is -3.33. The second-order valence-corrected chi connectivity index (χ2v) is 9.22.